The number of carbonyl (C=O) groups is 1. The topological polar surface area (TPSA) is 279 Å². The maximum absolute atomic E-state index is 12.4. The van der Waals surface area contributed by atoms with Crippen molar-refractivity contribution in [2.45, 2.75) is 375 Å². The van der Waals surface area contributed by atoms with Crippen molar-refractivity contribution in [3.05, 3.63) is 35.9 Å². The van der Waals surface area contributed by atoms with Crippen LogP contribution in [0.5, 0.6) is 0 Å². The molecule has 1 aromatic carbocycles. The Labute approximate surface area is 755 Å². The molecule has 3 atom stereocenters. The van der Waals surface area contributed by atoms with Gasteiger partial charge in [0, 0.05) is 104 Å². The fraction of sp³-hybridized carbons (Fsp3) is 0.926. The molecule has 21 nitrogen and oxygen atoms in total. The number of halogens is 2. The first-order chi connectivity index (χ1) is 55.3. The van der Waals surface area contributed by atoms with Gasteiger partial charge >= 0.3 is 5.97 Å². The molecule has 0 aromatic heterocycles. The van der Waals surface area contributed by atoms with Crippen LogP contribution < -0.4 is 5.32 Å². The van der Waals surface area contributed by atoms with Crippen molar-refractivity contribution < 1.29 is 82.3 Å². The predicted molar refractivity (Wildman–Crippen MR) is 505 cm³/mol. The van der Waals surface area contributed by atoms with Crippen LogP contribution in [0.1, 0.15) is 366 Å². The van der Waals surface area contributed by atoms with Crippen molar-refractivity contribution in [2.75, 3.05) is 143 Å². The second-order valence-corrected chi connectivity index (χ2v) is 44.4. The molecule has 4 rings (SSSR count). The van der Waals surface area contributed by atoms with Crippen molar-refractivity contribution in [1.82, 2.24) is 19.7 Å². The molecule has 0 amide bonds. The summed E-state index contributed by atoms with van der Waals surface area (Å²) in [5, 5.41) is 72.9. The molecule has 0 bridgehead atoms. The van der Waals surface area contributed by atoms with Gasteiger partial charge < -0.3 is 74.4 Å². The molecule has 0 spiro atoms. The number of sulfonamides is 1. The largest absolute Gasteiger partial charge is 0.396 e. The Balaban J connectivity index is 0. The van der Waals surface area contributed by atoms with Crippen molar-refractivity contribution in [1.29, 1.82) is 0 Å². The van der Waals surface area contributed by atoms with E-state index in [9.17, 15) is 28.6 Å². The van der Waals surface area contributed by atoms with E-state index in [2.05, 4.69) is 146 Å². The van der Waals surface area contributed by atoms with Crippen molar-refractivity contribution in [3.8, 4) is 0 Å². The summed E-state index contributed by atoms with van der Waals surface area (Å²) >= 11 is 3.47. The molecule has 0 saturated carbocycles. The normalized spacial score (nSPS) is 16.8. The third kappa shape index (κ3) is 69.8. The van der Waals surface area contributed by atoms with E-state index in [1.54, 1.807) is 21.5 Å². The first-order valence-corrected chi connectivity index (χ1v) is 49.3. The van der Waals surface area contributed by atoms with Crippen LogP contribution in [-0.2, 0) is 43.3 Å². The number of ether oxygens (including phenoxy) is 6. The summed E-state index contributed by atoms with van der Waals surface area (Å²) in [6.07, 6.45) is 39.4. The van der Waals surface area contributed by atoms with E-state index in [0.717, 1.165) is 205 Å². The van der Waals surface area contributed by atoms with E-state index in [4.69, 9.17) is 53.7 Å². The summed E-state index contributed by atoms with van der Waals surface area (Å²) < 4.78 is 61.0. The van der Waals surface area contributed by atoms with Gasteiger partial charge in [0.2, 0.25) is 10.0 Å². The van der Waals surface area contributed by atoms with Crippen LogP contribution in [0.2, 0.25) is 0 Å². The molecule has 710 valence electrons. The SMILES string of the molecule is CC(C)(CCCCBr)COC1CCCCO1.CC(C)(CCCCN(CCCCC(C)(C)COC1CCCCO1)S(C)(=O)=O)COC1CCCCO1.CC(C)(CO)CCCCN(CCCCC(C)(C)CO)OC(=O)c1ccccc1.CC(C)(CO)CCCCN(O)CCCCC(C)(C)CO.CC(C)(CO)CCCCNCCCCC(C)(C)CO.I. The fourth-order valence-electron chi connectivity index (χ4n) is 13.6. The Morgan fingerprint density at radius 1 is 0.403 bits per heavy atom. The number of nitrogens with zero attached hydrogens (tertiary/aromatic N) is 3. The van der Waals surface area contributed by atoms with Gasteiger partial charge in [-0.3, -0.25) is 0 Å². The lowest BCUT2D eigenvalue weighted by Crippen LogP contribution is -2.33. The Kier molecular flexibility index (Phi) is 68.1. The van der Waals surface area contributed by atoms with Gasteiger partial charge in [-0.1, -0.05) is 217 Å². The fourth-order valence-corrected chi connectivity index (χ4v) is 14.9. The first kappa shape index (κ1) is 120. The van der Waals surface area contributed by atoms with Crippen LogP contribution >= 0.6 is 39.9 Å². The van der Waals surface area contributed by atoms with E-state index in [1.165, 1.54) is 81.9 Å². The second-order valence-electron chi connectivity index (χ2n) is 41.6. The minimum absolute atomic E-state index is 0. The van der Waals surface area contributed by atoms with Gasteiger partial charge in [-0.15, -0.1) is 29.0 Å². The third-order valence-electron chi connectivity index (χ3n) is 22.9. The number of rotatable bonds is 62. The number of benzene rings is 1. The minimum Gasteiger partial charge on any atom is -0.396 e. The number of hydrogen-bond acceptors (Lipinski definition) is 20. The Morgan fingerprint density at radius 2 is 0.672 bits per heavy atom. The van der Waals surface area contributed by atoms with Crippen molar-refractivity contribution in [3.63, 3.8) is 0 Å². The zero-order valence-electron chi connectivity index (χ0n) is 79.7. The number of hydrogen-bond donors (Lipinski definition) is 8. The number of aliphatic hydroxyl groups is 6. The maximum Gasteiger partial charge on any atom is 0.357 e. The summed E-state index contributed by atoms with van der Waals surface area (Å²) in [5.41, 5.74) is 0.972. The summed E-state index contributed by atoms with van der Waals surface area (Å²) in [4.78, 5) is 18.1. The molecule has 3 unspecified atom stereocenters. The van der Waals surface area contributed by atoms with Crippen molar-refractivity contribution >= 4 is 55.9 Å². The lowest BCUT2D eigenvalue weighted by atomic mass is 9.88. The quantitative estimate of drug-likeness (QED) is 0.0130. The Morgan fingerprint density at radius 3 is 0.941 bits per heavy atom. The van der Waals surface area contributed by atoms with E-state index in [1.807, 2.05) is 18.2 Å². The summed E-state index contributed by atoms with van der Waals surface area (Å²) in [7, 11) is -3.20. The number of aliphatic hydroxyl groups excluding tert-OH is 6. The third-order valence-corrected chi connectivity index (χ3v) is 24.8. The molecule has 3 heterocycles. The minimum atomic E-state index is -3.20. The van der Waals surface area contributed by atoms with Gasteiger partial charge in [0.05, 0.1) is 31.6 Å². The van der Waals surface area contributed by atoms with Crippen LogP contribution in [0.3, 0.4) is 0 Å². The Bertz CT molecular complexity index is 2530. The van der Waals surface area contributed by atoms with Crippen LogP contribution in [0.4, 0.5) is 0 Å². The summed E-state index contributed by atoms with van der Waals surface area (Å²) in [6, 6.07) is 9.05. The van der Waals surface area contributed by atoms with Crippen LogP contribution in [-0.4, -0.2) is 227 Å². The highest BCUT2D eigenvalue weighted by Crippen LogP contribution is 2.32. The average molecular weight is 1900 g/mol. The zero-order valence-corrected chi connectivity index (χ0v) is 84.4. The van der Waals surface area contributed by atoms with Gasteiger partial charge in [0.25, 0.3) is 0 Å². The van der Waals surface area contributed by atoms with E-state index < -0.39 is 10.0 Å². The van der Waals surface area contributed by atoms with E-state index >= 15 is 0 Å². The highest BCUT2D eigenvalue weighted by molar-refractivity contribution is 14.0. The molecule has 24 heteroatoms. The van der Waals surface area contributed by atoms with Gasteiger partial charge in [0.15, 0.2) is 18.9 Å². The van der Waals surface area contributed by atoms with Crippen LogP contribution in [0.25, 0.3) is 0 Å². The number of nitrogens with one attached hydrogen (secondary N) is 1. The molecule has 1 aromatic rings. The number of hydroxylamine groups is 4. The molecule has 119 heavy (non-hydrogen) atoms. The average Bonchev–Trinajstić information content (AvgIpc) is 0.907. The molecule has 0 aliphatic carbocycles. The maximum atomic E-state index is 12.4. The van der Waals surface area contributed by atoms with Gasteiger partial charge in [-0.2, -0.15) is 5.06 Å². The lowest BCUT2D eigenvalue weighted by Gasteiger charge is -2.30. The smallest absolute Gasteiger partial charge is 0.357 e. The summed E-state index contributed by atoms with van der Waals surface area (Å²) in [5.74, 6) is -0.327. The van der Waals surface area contributed by atoms with Gasteiger partial charge in [-0.05, 0) is 247 Å². The molecule has 0 radical (unpaired) electrons. The first-order valence-electron chi connectivity index (χ1n) is 46.4. The molecule has 3 saturated heterocycles. The molecular weight excluding hydrogens is 1710 g/mol. The molecule has 3 aliphatic rings. The Hall–Kier alpha value is -0.830. The van der Waals surface area contributed by atoms with E-state index in [-0.39, 0.29) is 137 Å². The van der Waals surface area contributed by atoms with Crippen molar-refractivity contribution in [2.24, 2.45) is 48.7 Å². The number of unbranched alkanes of at least 4 members (excludes halogenated alkanes) is 9. The highest BCUT2D eigenvalue weighted by Gasteiger charge is 2.29. The predicted octanol–water partition coefficient (Wildman–Crippen LogP) is 20.9. The second kappa shape index (κ2) is 67.4. The molecule has 8 N–H and O–H groups in total. The zero-order chi connectivity index (χ0) is 89.1. The van der Waals surface area contributed by atoms with Crippen LogP contribution in [0.15, 0.2) is 30.3 Å². The monoisotopic (exact) mass is 1900 g/mol. The standard InChI is InChI=1S/C27H53NO6S.C23H39NO4.C16H35NO3.C16H35NO2.C13H25BrO2.HI/c1-26(2,22-33-24-14-6-12-20-31-24)16-8-10-18-28(35(5,29)30)19-11-9-17-27(3,4)23-34-25-15-7-13-21-32-25;1-22(2,18-25)14-8-10-16-24(17-11-9-15-23(3,4)19-26)28-21(27)20-12-6-5-7-13-20;1-15(2,13-18)9-5-7-11-17(20)12-8-6-10-16(3,4)14-19;1-15(2,13-18)9-5-7-11-17-12-8-6-10-16(3,4)14-19;1-13(2,8-4-5-9-14)11-16-12-7-3-6-10-15-12;/h24-25H,6-23H2,1-5H3;5-7,12-13,25-26H,8-11,14-19H2,1-4H3;18-20H,5-14H2,1-4H3;17-19H,5-14H2,1-4H3;12H,3-11H2,1-2H3;1H. The molecule has 3 aliphatic heterocycles. The summed E-state index contributed by atoms with van der Waals surface area (Å²) in [6.45, 7) is 50.5. The number of alkyl halides is 1. The molecule has 3 fully saturated rings. The van der Waals surface area contributed by atoms with Crippen LogP contribution in [0, 0.1) is 48.7 Å². The van der Waals surface area contributed by atoms with E-state index in [0.29, 0.717) is 58.0 Å². The molecular formula is C95H188BrIN4O17S. The highest BCUT2D eigenvalue weighted by atomic mass is 127. The van der Waals surface area contributed by atoms with Gasteiger partial charge in [0.1, 0.15) is 0 Å². The number of carbonyl (C=O) groups excluding carboxylic acids is 1. The van der Waals surface area contributed by atoms with Gasteiger partial charge in [-0.25, -0.2) is 17.5 Å². The lowest BCUT2D eigenvalue weighted by molar-refractivity contribution is -0.176.